The third-order valence-electron chi connectivity index (χ3n) is 6.83. The van der Waals surface area contributed by atoms with Gasteiger partial charge in [0, 0.05) is 6.54 Å². The zero-order valence-corrected chi connectivity index (χ0v) is 25.9. The maximum atomic E-state index is 13.9. The molecular weight excluding hydrogens is 562 g/mol. The Bertz CT molecular complexity index is 1680. The van der Waals surface area contributed by atoms with Crippen LogP contribution in [0.3, 0.4) is 0 Å². The Morgan fingerprint density at radius 2 is 1.51 bits per heavy atom. The molecule has 0 aliphatic heterocycles. The van der Waals surface area contributed by atoms with Crippen LogP contribution < -0.4 is 14.9 Å². The van der Waals surface area contributed by atoms with E-state index in [1.54, 1.807) is 39.2 Å². The van der Waals surface area contributed by atoms with Gasteiger partial charge in [-0.15, -0.1) is 0 Å². The first kappa shape index (κ1) is 31.5. The molecule has 8 nitrogen and oxygen atoms in total. The number of carbonyl (C=O) groups excluding carboxylic acids is 1. The summed E-state index contributed by atoms with van der Waals surface area (Å²) in [5.41, 5.74) is 8.24. The molecule has 0 saturated heterocycles. The second-order valence-electron chi connectivity index (χ2n) is 10.5. The van der Waals surface area contributed by atoms with Crippen molar-refractivity contribution in [1.82, 2.24) is 9.73 Å². The van der Waals surface area contributed by atoms with Crippen molar-refractivity contribution < 1.29 is 22.7 Å². The molecule has 0 aliphatic carbocycles. The predicted molar refractivity (Wildman–Crippen MR) is 169 cm³/mol. The van der Waals surface area contributed by atoms with Gasteiger partial charge in [0.15, 0.2) is 11.5 Å². The highest BCUT2D eigenvalue weighted by atomic mass is 32.2. The van der Waals surface area contributed by atoms with Crippen LogP contribution >= 0.6 is 0 Å². The lowest BCUT2D eigenvalue weighted by molar-refractivity contribution is -0.121. The van der Waals surface area contributed by atoms with Crippen molar-refractivity contribution >= 4 is 22.1 Å². The van der Waals surface area contributed by atoms with Crippen molar-refractivity contribution in [3.63, 3.8) is 0 Å². The summed E-state index contributed by atoms with van der Waals surface area (Å²) in [7, 11) is -2.46. The summed E-state index contributed by atoms with van der Waals surface area (Å²) in [5, 5.41) is 4.07. The van der Waals surface area contributed by atoms with Gasteiger partial charge in [-0.3, -0.25) is 4.79 Å². The molecule has 0 bridgehead atoms. The molecule has 9 heteroatoms. The molecule has 4 aromatic rings. The average Bonchev–Trinajstić information content (AvgIpc) is 2.97. The van der Waals surface area contributed by atoms with E-state index in [0.29, 0.717) is 34.8 Å². The number of benzene rings is 4. The third-order valence-corrected chi connectivity index (χ3v) is 8.93. The zero-order valence-electron chi connectivity index (χ0n) is 25.1. The van der Waals surface area contributed by atoms with Gasteiger partial charge >= 0.3 is 0 Å². The quantitative estimate of drug-likeness (QED) is 0.163. The van der Waals surface area contributed by atoms with Gasteiger partial charge in [-0.1, -0.05) is 77.9 Å². The second-order valence-corrected chi connectivity index (χ2v) is 12.3. The van der Waals surface area contributed by atoms with Gasteiger partial charge in [0.1, 0.15) is 6.61 Å². The second kappa shape index (κ2) is 14.1. The first-order valence-corrected chi connectivity index (χ1v) is 15.3. The molecule has 4 rings (SSSR count). The van der Waals surface area contributed by atoms with Gasteiger partial charge in [-0.05, 0) is 73.7 Å². The number of carbonyl (C=O) groups is 1. The number of nitrogens with one attached hydrogen (secondary N) is 1. The molecular formula is C34H37N3O5S. The number of rotatable bonds is 12. The zero-order chi connectivity index (χ0) is 31.0. The molecule has 1 amide bonds. The predicted octanol–water partition coefficient (Wildman–Crippen LogP) is 5.85. The van der Waals surface area contributed by atoms with E-state index in [2.05, 4.69) is 10.5 Å². The van der Waals surface area contributed by atoms with E-state index < -0.39 is 22.5 Å². The van der Waals surface area contributed by atoms with Crippen LogP contribution in [0.1, 0.15) is 38.9 Å². The number of hydrogen-bond acceptors (Lipinski definition) is 6. The standard InChI is InChI=1S/C34H37N3O5S/c1-24-11-13-28(14-12-24)21-37(43(39,40)34-26(3)17-25(2)18-27(34)4)22-33(38)36-35-20-30-15-16-31(32(19-30)41-5)42-23-29-9-7-6-8-10-29/h6-20H,21-23H2,1-5H3,(H,36,38)/b35-20+. The fourth-order valence-electron chi connectivity index (χ4n) is 4.82. The van der Waals surface area contributed by atoms with Gasteiger partial charge in [0.05, 0.1) is 24.8 Å². The number of amides is 1. The summed E-state index contributed by atoms with van der Waals surface area (Å²) in [4.78, 5) is 13.2. The highest BCUT2D eigenvalue weighted by molar-refractivity contribution is 7.89. The van der Waals surface area contributed by atoms with Gasteiger partial charge in [-0.2, -0.15) is 9.41 Å². The van der Waals surface area contributed by atoms with Crippen molar-refractivity contribution in [3.8, 4) is 11.5 Å². The molecule has 0 heterocycles. The molecule has 43 heavy (non-hydrogen) atoms. The van der Waals surface area contributed by atoms with E-state index in [1.165, 1.54) is 10.5 Å². The summed E-state index contributed by atoms with van der Waals surface area (Å²) in [6.07, 6.45) is 1.47. The smallest absolute Gasteiger partial charge is 0.255 e. The largest absolute Gasteiger partial charge is 0.493 e. The van der Waals surface area contributed by atoms with Crippen LogP contribution in [0, 0.1) is 27.7 Å². The summed E-state index contributed by atoms with van der Waals surface area (Å²) < 4.78 is 40.4. The van der Waals surface area contributed by atoms with Crippen molar-refractivity contribution in [1.29, 1.82) is 0 Å². The molecule has 0 aliphatic rings. The number of sulfonamides is 1. The van der Waals surface area contributed by atoms with Crippen LogP contribution in [-0.4, -0.2) is 38.5 Å². The molecule has 0 unspecified atom stereocenters. The minimum atomic E-state index is -4.01. The molecule has 224 valence electrons. The molecule has 0 fully saturated rings. The highest BCUT2D eigenvalue weighted by Crippen LogP contribution is 2.29. The first-order chi connectivity index (χ1) is 20.6. The number of ether oxygens (including phenoxy) is 2. The van der Waals surface area contributed by atoms with Gasteiger partial charge in [0.25, 0.3) is 5.91 Å². The Hall–Kier alpha value is -4.47. The van der Waals surface area contributed by atoms with Crippen LogP contribution in [-0.2, 0) is 28.0 Å². The van der Waals surface area contributed by atoms with Gasteiger partial charge in [0.2, 0.25) is 10.0 Å². The maximum Gasteiger partial charge on any atom is 0.255 e. The molecule has 0 atom stereocenters. The summed E-state index contributed by atoms with van der Waals surface area (Å²) in [6, 6.07) is 26.3. The third kappa shape index (κ3) is 8.30. The Morgan fingerprint density at radius 1 is 0.837 bits per heavy atom. The minimum absolute atomic E-state index is 0.0359. The number of aryl methyl sites for hydroxylation is 4. The summed E-state index contributed by atoms with van der Waals surface area (Å²) in [5.74, 6) is 0.528. The van der Waals surface area contributed by atoms with Crippen LogP contribution in [0.5, 0.6) is 11.5 Å². The molecule has 0 saturated carbocycles. The Morgan fingerprint density at radius 3 is 2.16 bits per heavy atom. The molecule has 4 aromatic carbocycles. The van der Waals surface area contributed by atoms with E-state index in [-0.39, 0.29) is 11.4 Å². The fourth-order valence-corrected chi connectivity index (χ4v) is 6.62. The van der Waals surface area contributed by atoms with Crippen LogP contribution in [0.2, 0.25) is 0 Å². The van der Waals surface area contributed by atoms with E-state index in [9.17, 15) is 13.2 Å². The van der Waals surface area contributed by atoms with Crippen molar-refractivity contribution in [2.24, 2.45) is 5.10 Å². The highest BCUT2D eigenvalue weighted by Gasteiger charge is 2.30. The van der Waals surface area contributed by atoms with E-state index in [4.69, 9.17) is 9.47 Å². The van der Waals surface area contributed by atoms with Gasteiger partial charge < -0.3 is 9.47 Å². The lowest BCUT2D eigenvalue weighted by Crippen LogP contribution is -2.39. The molecule has 0 aromatic heterocycles. The van der Waals surface area contributed by atoms with Crippen LogP contribution in [0.15, 0.2) is 94.9 Å². The average molecular weight is 600 g/mol. The fraction of sp³-hybridized carbons (Fsp3) is 0.235. The monoisotopic (exact) mass is 599 g/mol. The lowest BCUT2D eigenvalue weighted by atomic mass is 10.1. The molecule has 1 N–H and O–H groups in total. The van der Waals surface area contributed by atoms with Crippen molar-refractivity contribution in [2.45, 2.75) is 45.7 Å². The number of hydrazone groups is 1. The van der Waals surface area contributed by atoms with Crippen LogP contribution in [0.25, 0.3) is 0 Å². The lowest BCUT2D eigenvalue weighted by Gasteiger charge is -2.24. The topological polar surface area (TPSA) is 97.3 Å². The van der Waals surface area contributed by atoms with E-state index >= 15 is 0 Å². The SMILES string of the molecule is COc1cc(/C=N/NC(=O)CN(Cc2ccc(C)cc2)S(=O)(=O)c2c(C)cc(C)cc2C)ccc1OCc1ccccc1. The normalized spacial score (nSPS) is 11.6. The Kier molecular flexibility index (Phi) is 10.3. The maximum absolute atomic E-state index is 13.9. The molecule has 0 radical (unpaired) electrons. The van der Waals surface area contributed by atoms with Gasteiger partial charge in [-0.25, -0.2) is 13.8 Å². The van der Waals surface area contributed by atoms with Crippen molar-refractivity contribution in [3.05, 3.63) is 124 Å². The van der Waals surface area contributed by atoms with Crippen molar-refractivity contribution in [2.75, 3.05) is 13.7 Å². The van der Waals surface area contributed by atoms with Crippen LogP contribution in [0.4, 0.5) is 0 Å². The Labute approximate surface area is 254 Å². The summed E-state index contributed by atoms with van der Waals surface area (Å²) >= 11 is 0. The number of hydrogen-bond donors (Lipinski definition) is 1. The van der Waals surface area contributed by atoms with E-state index in [1.807, 2.05) is 80.6 Å². The molecule has 0 spiro atoms. The summed E-state index contributed by atoms with van der Waals surface area (Å²) in [6.45, 7) is 7.45. The number of methoxy groups -OCH3 is 1. The minimum Gasteiger partial charge on any atom is -0.493 e. The van der Waals surface area contributed by atoms with E-state index in [0.717, 1.165) is 22.3 Å². The number of nitrogens with zero attached hydrogens (tertiary/aromatic N) is 2. The first-order valence-electron chi connectivity index (χ1n) is 13.9. The Balaban J connectivity index is 1.48.